The molecule has 1 atom stereocenters. The maximum Gasteiger partial charge on any atom is 0.418 e. The maximum atomic E-state index is 12.9. The normalized spacial score (nSPS) is 13.1. The quantitative estimate of drug-likeness (QED) is 0.785. The van der Waals surface area contributed by atoms with Crippen molar-refractivity contribution >= 4 is 17.3 Å². The molecule has 20 heavy (non-hydrogen) atoms. The van der Waals surface area contributed by atoms with Crippen molar-refractivity contribution in [2.75, 3.05) is 5.32 Å². The molecule has 2 rings (SSSR count). The molecule has 0 saturated carbocycles. The van der Waals surface area contributed by atoms with E-state index in [1.165, 1.54) is 12.1 Å². The van der Waals surface area contributed by atoms with Gasteiger partial charge in [0, 0.05) is 16.8 Å². The molecule has 1 N–H and O–H groups in total. The molecule has 0 aliphatic carbocycles. The third-order valence-corrected chi connectivity index (χ3v) is 3.23. The molecular weight excluding hydrogens is 287 g/mol. The number of benzene rings is 2. The van der Waals surface area contributed by atoms with Crippen LogP contribution in [0.15, 0.2) is 48.5 Å². The molecule has 0 aliphatic heterocycles. The molecule has 2 aromatic rings. The zero-order chi connectivity index (χ0) is 14.8. The number of halogens is 4. The molecule has 0 aromatic heterocycles. The summed E-state index contributed by atoms with van der Waals surface area (Å²) in [7, 11) is 0. The van der Waals surface area contributed by atoms with E-state index in [1.54, 1.807) is 37.3 Å². The van der Waals surface area contributed by atoms with E-state index in [2.05, 4.69) is 5.32 Å². The van der Waals surface area contributed by atoms with Gasteiger partial charge >= 0.3 is 6.18 Å². The minimum atomic E-state index is -4.37. The molecule has 0 saturated heterocycles. The van der Waals surface area contributed by atoms with Gasteiger partial charge in [0.25, 0.3) is 0 Å². The predicted molar refractivity (Wildman–Crippen MR) is 74.9 cm³/mol. The van der Waals surface area contributed by atoms with Gasteiger partial charge in [0.2, 0.25) is 0 Å². The van der Waals surface area contributed by atoms with Crippen LogP contribution in [0.5, 0.6) is 0 Å². The SMILES string of the molecule is CC(Nc1ccccc1C(F)(F)F)c1ccc(Cl)cc1. The van der Waals surface area contributed by atoms with Gasteiger partial charge in [0.15, 0.2) is 0 Å². The molecule has 1 nitrogen and oxygen atoms in total. The Bertz CT molecular complexity index is 578. The van der Waals surface area contributed by atoms with Crippen molar-refractivity contribution in [3.8, 4) is 0 Å². The van der Waals surface area contributed by atoms with Crippen molar-refractivity contribution in [2.24, 2.45) is 0 Å². The van der Waals surface area contributed by atoms with E-state index in [1.807, 2.05) is 0 Å². The standard InChI is InChI=1S/C15H13ClF3N/c1-10(11-6-8-12(16)9-7-11)20-14-5-3-2-4-13(14)15(17,18)19/h2-10,20H,1H3. The molecule has 0 bridgehead atoms. The van der Waals surface area contributed by atoms with Crippen LogP contribution in [0, 0.1) is 0 Å². The van der Waals surface area contributed by atoms with Crippen molar-refractivity contribution in [3.05, 3.63) is 64.7 Å². The van der Waals surface area contributed by atoms with Gasteiger partial charge in [-0.15, -0.1) is 0 Å². The van der Waals surface area contributed by atoms with Crippen LogP contribution in [0.25, 0.3) is 0 Å². The van der Waals surface area contributed by atoms with Gasteiger partial charge in [-0.25, -0.2) is 0 Å². The first-order chi connectivity index (χ1) is 9.38. The predicted octanol–water partition coefficient (Wildman–Crippen LogP) is 5.53. The van der Waals surface area contributed by atoms with Crippen LogP contribution in [-0.4, -0.2) is 0 Å². The lowest BCUT2D eigenvalue weighted by Crippen LogP contribution is -2.13. The van der Waals surface area contributed by atoms with Gasteiger partial charge in [0.1, 0.15) is 0 Å². The fraction of sp³-hybridized carbons (Fsp3) is 0.200. The van der Waals surface area contributed by atoms with Crippen molar-refractivity contribution < 1.29 is 13.2 Å². The van der Waals surface area contributed by atoms with Crippen molar-refractivity contribution in [1.82, 2.24) is 0 Å². The Morgan fingerprint density at radius 2 is 1.60 bits per heavy atom. The molecule has 2 aromatic carbocycles. The molecule has 5 heteroatoms. The van der Waals surface area contributed by atoms with E-state index >= 15 is 0 Å². The first-order valence-electron chi connectivity index (χ1n) is 6.06. The van der Waals surface area contributed by atoms with Crippen molar-refractivity contribution in [3.63, 3.8) is 0 Å². The lowest BCUT2D eigenvalue weighted by Gasteiger charge is -2.19. The van der Waals surface area contributed by atoms with Gasteiger partial charge in [-0.05, 0) is 36.8 Å². The number of alkyl halides is 3. The largest absolute Gasteiger partial charge is 0.418 e. The van der Waals surface area contributed by atoms with Gasteiger partial charge in [0.05, 0.1) is 5.56 Å². The lowest BCUT2D eigenvalue weighted by molar-refractivity contribution is -0.137. The summed E-state index contributed by atoms with van der Waals surface area (Å²) in [5.74, 6) is 0. The third kappa shape index (κ3) is 3.45. The summed E-state index contributed by atoms with van der Waals surface area (Å²) in [5, 5.41) is 3.48. The summed E-state index contributed by atoms with van der Waals surface area (Å²) in [5.41, 5.74) is 0.273. The Labute approximate surface area is 120 Å². The minimum Gasteiger partial charge on any atom is -0.378 e. The Balaban J connectivity index is 2.24. The summed E-state index contributed by atoms with van der Waals surface area (Å²) >= 11 is 5.79. The summed E-state index contributed by atoms with van der Waals surface area (Å²) < 4.78 is 38.7. The third-order valence-electron chi connectivity index (χ3n) is 2.97. The van der Waals surface area contributed by atoms with Crippen LogP contribution in [0.4, 0.5) is 18.9 Å². The Morgan fingerprint density at radius 3 is 2.20 bits per heavy atom. The monoisotopic (exact) mass is 299 g/mol. The van der Waals surface area contributed by atoms with Crippen molar-refractivity contribution in [1.29, 1.82) is 0 Å². The van der Waals surface area contributed by atoms with Crippen molar-refractivity contribution in [2.45, 2.75) is 19.1 Å². The van der Waals surface area contributed by atoms with Crippen LogP contribution in [0.1, 0.15) is 24.1 Å². The van der Waals surface area contributed by atoms with Crippen LogP contribution >= 0.6 is 11.6 Å². The second-order valence-electron chi connectivity index (χ2n) is 4.46. The molecule has 0 spiro atoms. The molecular formula is C15H13ClF3N. The lowest BCUT2D eigenvalue weighted by atomic mass is 10.1. The Hall–Kier alpha value is -1.68. The number of hydrogen-bond acceptors (Lipinski definition) is 1. The van der Waals surface area contributed by atoms with E-state index < -0.39 is 11.7 Å². The molecule has 0 fully saturated rings. The van der Waals surface area contributed by atoms with E-state index in [9.17, 15) is 13.2 Å². The maximum absolute atomic E-state index is 12.9. The zero-order valence-electron chi connectivity index (χ0n) is 10.7. The van der Waals surface area contributed by atoms with Crippen LogP contribution in [-0.2, 0) is 6.18 Å². The van der Waals surface area contributed by atoms with E-state index in [0.29, 0.717) is 5.02 Å². The second kappa shape index (κ2) is 5.75. The highest BCUT2D eigenvalue weighted by Crippen LogP contribution is 2.36. The molecule has 0 amide bonds. The number of nitrogens with one attached hydrogen (secondary N) is 1. The highest BCUT2D eigenvalue weighted by atomic mass is 35.5. The van der Waals surface area contributed by atoms with Crippen LogP contribution in [0.3, 0.4) is 0 Å². The van der Waals surface area contributed by atoms with E-state index in [0.717, 1.165) is 11.6 Å². The highest BCUT2D eigenvalue weighted by Gasteiger charge is 2.33. The summed E-state index contributed by atoms with van der Waals surface area (Å²) in [6.45, 7) is 1.80. The molecule has 0 radical (unpaired) electrons. The summed E-state index contributed by atoms with van der Waals surface area (Å²) in [6.07, 6.45) is -4.37. The molecule has 0 aliphatic rings. The highest BCUT2D eigenvalue weighted by molar-refractivity contribution is 6.30. The van der Waals surface area contributed by atoms with E-state index in [-0.39, 0.29) is 11.7 Å². The molecule has 106 valence electrons. The number of anilines is 1. The number of hydrogen-bond donors (Lipinski definition) is 1. The Kier molecular flexibility index (Phi) is 4.23. The minimum absolute atomic E-state index is 0.0717. The van der Waals surface area contributed by atoms with Crippen LogP contribution in [0.2, 0.25) is 5.02 Å². The van der Waals surface area contributed by atoms with Gasteiger partial charge < -0.3 is 5.32 Å². The second-order valence-corrected chi connectivity index (χ2v) is 4.90. The summed E-state index contributed by atoms with van der Waals surface area (Å²) in [6, 6.07) is 12.2. The van der Waals surface area contributed by atoms with Crippen LogP contribution < -0.4 is 5.32 Å². The zero-order valence-corrected chi connectivity index (χ0v) is 11.5. The Morgan fingerprint density at radius 1 is 1.00 bits per heavy atom. The fourth-order valence-corrected chi connectivity index (χ4v) is 2.05. The first kappa shape index (κ1) is 14.7. The first-order valence-corrected chi connectivity index (χ1v) is 6.44. The van der Waals surface area contributed by atoms with Gasteiger partial charge in [-0.2, -0.15) is 13.2 Å². The average Bonchev–Trinajstić information content (AvgIpc) is 2.38. The average molecular weight is 300 g/mol. The number of para-hydroxylation sites is 1. The topological polar surface area (TPSA) is 12.0 Å². The molecule has 1 unspecified atom stereocenters. The van der Waals surface area contributed by atoms with E-state index in [4.69, 9.17) is 11.6 Å². The number of rotatable bonds is 3. The van der Waals surface area contributed by atoms with Gasteiger partial charge in [-0.3, -0.25) is 0 Å². The fourth-order valence-electron chi connectivity index (χ4n) is 1.92. The summed E-state index contributed by atoms with van der Waals surface area (Å²) in [4.78, 5) is 0. The smallest absolute Gasteiger partial charge is 0.378 e. The molecule has 0 heterocycles. The van der Waals surface area contributed by atoms with Gasteiger partial charge in [-0.1, -0.05) is 35.9 Å².